The summed E-state index contributed by atoms with van der Waals surface area (Å²) >= 11 is 0. The number of carbonyl (C=O) groups excluding carboxylic acids is 2. The number of carbonyl (C=O) groups is 2. The molecule has 7 heteroatoms. The molecule has 2 aromatic carbocycles. The SMILES string of the molecule is C#CCOc1ccc(C=CC(=O)Nc2ccccc2C(=O)NC2CCN(C)CC2)cc1OC. The standard InChI is InChI=1S/C26H29N3O4/c1-4-17-33-23-11-9-19(18-24(23)32-3)10-12-25(30)28-22-8-6-5-7-21(22)26(31)27-20-13-15-29(2)16-14-20/h1,5-12,18,20H,13-17H2,2-3H3,(H,27,31)(H,28,30). The van der Waals surface area contributed by atoms with E-state index in [1.807, 2.05) is 0 Å². The topological polar surface area (TPSA) is 79.9 Å². The molecule has 0 unspecified atom stereocenters. The molecule has 0 aliphatic carbocycles. The number of hydrogen-bond donors (Lipinski definition) is 2. The van der Waals surface area contributed by atoms with Gasteiger partial charge in [0.1, 0.15) is 6.61 Å². The molecule has 33 heavy (non-hydrogen) atoms. The minimum atomic E-state index is -0.346. The number of para-hydroxylation sites is 1. The fraction of sp³-hybridized carbons (Fsp3) is 0.308. The summed E-state index contributed by atoms with van der Waals surface area (Å²) in [5.41, 5.74) is 1.66. The number of nitrogens with zero attached hydrogens (tertiary/aromatic N) is 1. The summed E-state index contributed by atoms with van der Waals surface area (Å²) in [6.07, 6.45) is 10.1. The summed E-state index contributed by atoms with van der Waals surface area (Å²) in [6.45, 7) is 2.05. The molecule has 1 fully saturated rings. The first-order valence-corrected chi connectivity index (χ1v) is 10.8. The second kappa shape index (κ2) is 11.7. The lowest BCUT2D eigenvalue weighted by Crippen LogP contribution is -2.43. The molecule has 2 amide bonds. The molecule has 1 saturated heterocycles. The fourth-order valence-corrected chi connectivity index (χ4v) is 3.58. The number of anilines is 1. The van der Waals surface area contributed by atoms with Gasteiger partial charge < -0.3 is 25.0 Å². The third-order valence-electron chi connectivity index (χ3n) is 5.41. The van der Waals surface area contributed by atoms with Crippen LogP contribution in [0.25, 0.3) is 6.08 Å². The molecular weight excluding hydrogens is 418 g/mol. The first kappa shape index (κ1) is 23.9. The second-order valence-electron chi connectivity index (χ2n) is 7.82. The summed E-state index contributed by atoms with van der Waals surface area (Å²) < 4.78 is 10.7. The van der Waals surface area contributed by atoms with Crippen LogP contribution < -0.4 is 20.1 Å². The van der Waals surface area contributed by atoms with E-state index in [4.69, 9.17) is 15.9 Å². The van der Waals surface area contributed by atoms with Crippen molar-refractivity contribution in [2.75, 3.05) is 39.2 Å². The van der Waals surface area contributed by atoms with Crippen molar-refractivity contribution in [2.45, 2.75) is 18.9 Å². The maximum Gasteiger partial charge on any atom is 0.253 e. The van der Waals surface area contributed by atoms with E-state index in [-0.39, 0.29) is 24.5 Å². The molecule has 1 aliphatic rings. The Morgan fingerprint density at radius 3 is 2.67 bits per heavy atom. The molecule has 3 rings (SSSR count). The van der Waals surface area contributed by atoms with E-state index in [2.05, 4.69) is 28.5 Å². The van der Waals surface area contributed by atoms with Crippen LogP contribution in [0.4, 0.5) is 5.69 Å². The largest absolute Gasteiger partial charge is 0.493 e. The highest BCUT2D eigenvalue weighted by atomic mass is 16.5. The number of methoxy groups -OCH3 is 1. The van der Waals surface area contributed by atoms with Crippen LogP contribution in [0.1, 0.15) is 28.8 Å². The van der Waals surface area contributed by atoms with Crippen LogP contribution in [0.5, 0.6) is 11.5 Å². The minimum absolute atomic E-state index is 0.138. The van der Waals surface area contributed by atoms with Crippen LogP contribution >= 0.6 is 0 Å². The summed E-state index contributed by atoms with van der Waals surface area (Å²) in [7, 11) is 3.61. The van der Waals surface area contributed by atoms with E-state index >= 15 is 0 Å². The van der Waals surface area contributed by atoms with Gasteiger partial charge in [-0.05, 0) is 68.9 Å². The van der Waals surface area contributed by atoms with Crippen LogP contribution in [-0.2, 0) is 4.79 Å². The first-order valence-electron chi connectivity index (χ1n) is 10.8. The molecule has 0 radical (unpaired) electrons. The van der Waals surface area contributed by atoms with Crippen LogP contribution in [0.15, 0.2) is 48.5 Å². The summed E-state index contributed by atoms with van der Waals surface area (Å²) in [5, 5.41) is 5.89. The molecule has 0 bridgehead atoms. The Bertz CT molecular complexity index is 1050. The Kier molecular flexibility index (Phi) is 8.50. The van der Waals surface area contributed by atoms with Crippen LogP contribution in [0.3, 0.4) is 0 Å². The van der Waals surface area contributed by atoms with E-state index in [0.29, 0.717) is 22.7 Å². The van der Waals surface area contributed by atoms with Crippen molar-refractivity contribution in [3.8, 4) is 23.8 Å². The number of terminal acetylenes is 1. The number of rotatable bonds is 8. The first-order chi connectivity index (χ1) is 16.0. The van der Waals surface area contributed by atoms with Gasteiger partial charge in [0.25, 0.3) is 5.91 Å². The normalized spacial score (nSPS) is 14.5. The van der Waals surface area contributed by atoms with Crippen molar-refractivity contribution in [1.82, 2.24) is 10.2 Å². The zero-order valence-corrected chi connectivity index (χ0v) is 19.0. The van der Waals surface area contributed by atoms with E-state index < -0.39 is 0 Å². The predicted molar refractivity (Wildman–Crippen MR) is 129 cm³/mol. The number of nitrogens with one attached hydrogen (secondary N) is 2. The van der Waals surface area contributed by atoms with Crippen LogP contribution in [0.2, 0.25) is 0 Å². The van der Waals surface area contributed by atoms with Crippen molar-refractivity contribution in [3.63, 3.8) is 0 Å². The highest BCUT2D eigenvalue weighted by Gasteiger charge is 2.20. The second-order valence-corrected chi connectivity index (χ2v) is 7.82. The third kappa shape index (κ3) is 6.86. The summed E-state index contributed by atoms with van der Waals surface area (Å²) in [5.74, 6) is 2.92. The summed E-state index contributed by atoms with van der Waals surface area (Å²) in [6, 6.07) is 12.4. The summed E-state index contributed by atoms with van der Waals surface area (Å²) in [4.78, 5) is 27.6. The maximum absolute atomic E-state index is 12.8. The molecular formula is C26H29N3O4. The lowest BCUT2D eigenvalue weighted by atomic mass is 10.0. The van der Waals surface area contributed by atoms with Gasteiger partial charge in [-0.25, -0.2) is 0 Å². The Balaban J connectivity index is 1.64. The third-order valence-corrected chi connectivity index (χ3v) is 5.41. The van der Waals surface area contributed by atoms with Gasteiger partial charge in [-0.1, -0.05) is 24.1 Å². The Labute approximate surface area is 194 Å². The molecule has 2 aromatic rings. The highest BCUT2D eigenvalue weighted by molar-refractivity contribution is 6.07. The van der Waals surface area contributed by atoms with Gasteiger partial charge in [-0.3, -0.25) is 9.59 Å². The van der Waals surface area contributed by atoms with Crippen molar-refractivity contribution in [2.24, 2.45) is 0 Å². The number of amides is 2. The van der Waals surface area contributed by atoms with Gasteiger partial charge in [0.2, 0.25) is 5.91 Å². The van der Waals surface area contributed by atoms with Gasteiger partial charge in [-0.2, -0.15) is 0 Å². The Morgan fingerprint density at radius 2 is 1.94 bits per heavy atom. The van der Waals surface area contributed by atoms with Gasteiger partial charge in [0, 0.05) is 12.1 Å². The van der Waals surface area contributed by atoms with Crippen molar-refractivity contribution in [1.29, 1.82) is 0 Å². The zero-order chi connectivity index (χ0) is 23.6. The van der Waals surface area contributed by atoms with Crippen molar-refractivity contribution < 1.29 is 19.1 Å². The Hall–Kier alpha value is -3.76. The van der Waals surface area contributed by atoms with Crippen LogP contribution in [-0.4, -0.2) is 56.6 Å². The van der Waals surface area contributed by atoms with Crippen LogP contribution in [0, 0.1) is 12.3 Å². The predicted octanol–water partition coefficient (Wildman–Crippen LogP) is 3.18. The maximum atomic E-state index is 12.8. The molecule has 1 heterocycles. The number of ether oxygens (including phenoxy) is 2. The quantitative estimate of drug-likeness (QED) is 0.480. The van der Waals surface area contributed by atoms with Gasteiger partial charge in [-0.15, -0.1) is 6.42 Å². The smallest absolute Gasteiger partial charge is 0.253 e. The zero-order valence-electron chi connectivity index (χ0n) is 19.0. The van der Waals surface area contributed by atoms with Crippen molar-refractivity contribution in [3.05, 3.63) is 59.7 Å². The molecule has 1 aliphatic heterocycles. The average Bonchev–Trinajstić information content (AvgIpc) is 2.83. The number of hydrogen-bond acceptors (Lipinski definition) is 5. The van der Waals surface area contributed by atoms with Gasteiger partial charge in [0.05, 0.1) is 18.4 Å². The molecule has 7 nitrogen and oxygen atoms in total. The van der Waals surface area contributed by atoms with Gasteiger partial charge in [0.15, 0.2) is 11.5 Å². The molecule has 2 N–H and O–H groups in total. The number of piperidine rings is 1. The number of benzene rings is 2. The van der Waals surface area contributed by atoms with E-state index in [1.54, 1.807) is 48.5 Å². The molecule has 0 atom stereocenters. The lowest BCUT2D eigenvalue weighted by Gasteiger charge is -2.29. The van der Waals surface area contributed by atoms with Crippen molar-refractivity contribution >= 4 is 23.6 Å². The average molecular weight is 448 g/mol. The highest BCUT2D eigenvalue weighted by Crippen LogP contribution is 2.28. The van der Waals surface area contributed by atoms with Gasteiger partial charge >= 0.3 is 0 Å². The monoisotopic (exact) mass is 447 g/mol. The van der Waals surface area contributed by atoms with E-state index in [1.165, 1.54) is 13.2 Å². The molecule has 172 valence electrons. The Morgan fingerprint density at radius 1 is 1.18 bits per heavy atom. The van der Waals surface area contributed by atoms with E-state index in [9.17, 15) is 9.59 Å². The molecule has 0 spiro atoms. The number of likely N-dealkylation sites (tertiary alicyclic amines) is 1. The molecule has 0 aromatic heterocycles. The lowest BCUT2D eigenvalue weighted by molar-refractivity contribution is -0.111. The molecule has 0 saturated carbocycles. The fourth-order valence-electron chi connectivity index (χ4n) is 3.58. The minimum Gasteiger partial charge on any atom is -0.493 e. The van der Waals surface area contributed by atoms with E-state index in [0.717, 1.165) is 31.5 Å².